The first-order valence-electron chi connectivity index (χ1n) is 18.7. The summed E-state index contributed by atoms with van der Waals surface area (Å²) in [6.07, 6.45) is 3.38. The number of fused-ring (bicyclic) bond motifs is 9. The Balaban J connectivity index is 1.20. The number of nitrogens with zero attached hydrogens (tertiary/aromatic N) is 2. The molecule has 3 heterocycles. The van der Waals surface area contributed by atoms with Crippen molar-refractivity contribution < 1.29 is 9.15 Å². The lowest BCUT2D eigenvalue weighted by Crippen LogP contribution is -2.59. The summed E-state index contributed by atoms with van der Waals surface area (Å²) in [5.74, 6) is 1.76. The Hall–Kier alpha value is -6.20. The van der Waals surface area contributed by atoms with Crippen molar-refractivity contribution in [3.05, 3.63) is 161 Å². The molecule has 0 fully saturated rings. The van der Waals surface area contributed by atoms with Gasteiger partial charge in [0.05, 0.1) is 5.69 Å². The number of aryl methyl sites for hydroxylation is 5. The van der Waals surface area contributed by atoms with Gasteiger partial charge in [0.15, 0.2) is 0 Å². The molecular formula is C48H37BN2O2. The second-order valence-electron chi connectivity index (χ2n) is 15.1. The predicted molar refractivity (Wildman–Crippen MR) is 220 cm³/mol. The van der Waals surface area contributed by atoms with Crippen LogP contribution in [0.1, 0.15) is 34.2 Å². The van der Waals surface area contributed by atoms with Gasteiger partial charge in [0.2, 0.25) is 0 Å². The highest BCUT2D eigenvalue weighted by Crippen LogP contribution is 2.47. The van der Waals surface area contributed by atoms with Gasteiger partial charge in [0.25, 0.3) is 6.71 Å². The number of anilines is 6. The Bertz CT molecular complexity index is 2720. The van der Waals surface area contributed by atoms with Crippen molar-refractivity contribution >= 4 is 79.2 Å². The van der Waals surface area contributed by atoms with Gasteiger partial charge in [-0.3, -0.25) is 0 Å². The summed E-state index contributed by atoms with van der Waals surface area (Å²) in [6, 6.07) is 48.9. The SMILES string of the molecule is Cc1ccc(N(c2ccc(C)cc2)c2cc3c4c(c2)N(c2ccccc2)c2ccc(C)cc2B4c2cc4oc5c6c(ccc5c4cc2O3)CCC6)cc1. The fraction of sp³-hybridized carbons (Fsp3) is 0.125. The van der Waals surface area contributed by atoms with Crippen molar-refractivity contribution in [3.8, 4) is 11.5 Å². The van der Waals surface area contributed by atoms with E-state index in [1.54, 1.807) is 0 Å². The third-order valence-electron chi connectivity index (χ3n) is 11.6. The molecule has 11 rings (SSSR count). The van der Waals surface area contributed by atoms with Gasteiger partial charge in [0, 0.05) is 45.3 Å². The van der Waals surface area contributed by atoms with Crippen LogP contribution in [0.2, 0.25) is 0 Å². The van der Waals surface area contributed by atoms with E-state index in [-0.39, 0.29) is 6.71 Å². The number of benzene rings is 7. The normalized spacial score (nSPS) is 13.8. The molecule has 7 aromatic carbocycles. The molecule has 254 valence electrons. The second-order valence-corrected chi connectivity index (χ2v) is 15.1. The van der Waals surface area contributed by atoms with E-state index in [9.17, 15) is 0 Å². The highest BCUT2D eigenvalue weighted by molar-refractivity contribution is 6.99. The van der Waals surface area contributed by atoms with E-state index in [4.69, 9.17) is 9.15 Å². The van der Waals surface area contributed by atoms with Gasteiger partial charge in [-0.15, -0.1) is 0 Å². The van der Waals surface area contributed by atoms with Crippen LogP contribution in [0.3, 0.4) is 0 Å². The van der Waals surface area contributed by atoms with Crippen molar-refractivity contribution in [1.29, 1.82) is 0 Å². The number of furan rings is 1. The lowest BCUT2D eigenvalue weighted by atomic mass is 9.34. The predicted octanol–water partition coefficient (Wildman–Crippen LogP) is 10.9. The van der Waals surface area contributed by atoms with Gasteiger partial charge in [-0.25, -0.2) is 0 Å². The van der Waals surface area contributed by atoms with E-state index >= 15 is 0 Å². The first-order chi connectivity index (χ1) is 26.0. The van der Waals surface area contributed by atoms with Crippen LogP contribution in [0.5, 0.6) is 11.5 Å². The average Bonchev–Trinajstić information content (AvgIpc) is 3.80. The molecule has 8 aromatic rings. The summed E-state index contributed by atoms with van der Waals surface area (Å²) >= 11 is 0. The van der Waals surface area contributed by atoms with Crippen LogP contribution in [0.15, 0.2) is 138 Å². The van der Waals surface area contributed by atoms with Gasteiger partial charge >= 0.3 is 0 Å². The largest absolute Gasteiger partial charge is 0.458 e. The third kappa shape index (κ3) is 4.63. The van der Waals surface area contributed by atoms with Crippen molar-refractivity contribution in [1.82, 2.24) is 0 Å². The topological polar surface area (TPSA) is 28.9 Å². The minimum atomic E-state index is -0.0387. The summed E-state index contributed by atoms with van der Waals surface area (Å²) in [5.41, 5.74) is 18.7. The van der Waals surface area contributed by atoms with Crippen LogP contribution in [0, 0.1) is 20.8 Å². The van der Waals surface area contributed by atoms with Crippen molar-refractivity contribution in [2.75, 3.05) is 9.80 Å². The Labute approximate surface area is 310 Å². The fourth-order valence-electron chi connectivity index (χ4n) is 9.07. The first-order valence-corrected chi connectivity index (χ1v) is 18.7. The molecule has 0 saturated carbocycles. The highest BCUT2D eigenvalue weighted by atomic mass is 16.5. The first kappa shape index (κ1) is 30.4. The molecule has 1 aromatic heterocycles. The second kappa shape index (κ2) is 11.4. The summed E-state index contributed by atoms with van der Waals surface area (Å²) in [7, 11) is 0. The molecule has 0 bridgehead atoms. The maximum Gasteiger partial charge on any atom is 0.256 e. The van der Waals surface area contributed by atoms with Crippen LogP contribution in [-0.4, -0.2) is 6.71 Å². The molecule has 1 aliphatic carbocycles. The average molecular weight is 685 g/mol. The quantitative estimate of drug-likeness (QED) is 0.173. The monoisotopic (exact) mass is 684 g/mol. The Kier molecular flexibility index (Phi) is 6.55. The van der Waals surface area contributed by atoms with Gasteiger partial charge in [-0.05, 0) is 128 Å². The minimum Gasteiger partial charge on any atom is -0.458 e. The summed E-state index contributed by atoms with van der Waals surface area (Å²) < 4.78 is 14.0. The van der Waals surface area contributed by atoms with Crippen LogP contribution in [0.25, 0.3) is 21.9 Å². The molecule has 0 saturated heterocycles. The molecule has 0 radical (unpaired) electrons. The lowest BCUT2D eigenvalue weighted by Gasteiger charge is -2.41. The molecular weight excluding hydrogens is 647 g/mol. The van der Waals surface area contributed by atoms with E-state index in [1.807, 2.05) is 0 Å². The van der Waals surface area contributed by atoms with Crippen molar-refractivity contribution in [2.45, 2.75) is 40.0 Å². The highest BCUT2D eigenvalue weighted by Gasteiger charge is 2.43. The van der Waals surface area contributed by atoms with Gasteiger partial charge < -0.3 is 19.0 Å². The zero-order valence-electron chi connectivity index (χ0n) is 30.1. The number of rotatable bonds is 4. The zero-order chi connectivity index (χ0) is 35.4. The van der Waals surface area contributed by atoms with Gasteiger partial charge in [-0.2, -0.15) is 0 Å². The summed E-state index contributed by atoms with van der Waals surface area (Å²) in [6.45, 7) is 6.43. The standard InChI is InChI=1S/C48H37BN2O2/c1-29-12-18-34(19-13-29)50(35-20-14-30(2)15-21-35)36-25-43-47-46(26-36)52-45-27-39-38-22-17-32-8-7-11-37(32)48(38)53-44(39)28-41(45)49(47)40-24-31(3)16-23-42(40)51(43)33-9-5-4-6-10-33/h4-6,9-10,12-28H,7-8,11H2,1-3H3. The molecule has 3 aliphatic rings. The van der Waals surface area contributed by atoms with Crippen LogP contribution >= 0.6 is 0 Å². The number of hydrogen-bond donors (Lipinski definition) is 0. The van der Waals surface area contributed by atoms with E-state index in [0.717, 1.165) is 74.8 Å². The molecule has 0 spiro atoms. The maximum atomic E-state index is 7.18. The third-order valence-corrected chi connectivity index (χ3v) is 11.6. The van der Waals surface area contributed by atoms with E-state index in [2.05, 4.69) is 164 Å². The van der Waals surface area contributed by atoms with Crippen LogP contribution < -0.4 is 30.9 Å². The molecule has 0 amide bonds. The molecule has 0 N–H and O–H groups in total. The van der Waals surface area contributed by atoms with Crippen molar-refractivity contribution in [2.24, 2.45) is 0 Å². The minimum absolute atomic E-state index is 0.0387. The Morgan fingerprint density at radius 2 is 1.32 bits per heavy atom. The van der Waals surface area contributed by atoms with Crippen LogP contribution in [0.4, 0.5) is 34.1 Å². The van der Waals surface area contributed by atoms with Gasteiger partial charge in [-0.1, -0.05) is 83.4 Å². The Morgan fingerprint density at radius 3 is 2.08 bits per heavy atom. The lowest BCUT2D eigenvalue weighted by molar-refractivity contribution is 0.488. The summed E-state index contributed by atoms with van der Waals surface area (Å²) in [4.78, 5) is 4.78. The van der Waals surface area contributed by atoms with E-state index < -0.39 is 0 Å². The Morgan fingerprint density at radius 1 is 0.585 bits per heavy atom. The molecule has 5 heteroatoms. The van der Waals surface area contributed by atoms with Crippen LogP contribution in [-0.2, 0) is 12.8 Å². The molecule has 2 aliphatic heterocycles. The van der Waals surface area contributed by atoms with E-state index in [1.165, 1.54) is 56.2 Å². The zero-order valence-corrected chi connectivity index (χ0v) is 30.1. The fourth-order valence-corrected chi connectivity index (χ4v) is 9.07. The summed E-state index contributed by atoms with van der Waals surface area (Å²) in [5, 5.41) is 2.28. The van der Waals surface area contributed by atoms with Gasteiger partial charge in [0.1, 0.15) is 22.7 Å². The van der Waals surface area contributed by atoms with Crippen molar-refractivity contribution in [3.63, 3.8) is 0 Å². The molecule has 0 unspecified atom stereocenters. The van der Waals surface area contributed by atoms with E-state index in [0.29, 0.717) is 0 Å². The molecule has 0 atom stereocenters. The molecule has 4 nitrogen and oxygen atoms in total. The molecule has 53 heavy (non-hydrogen) atoms. The number of hydrogen-bond acceptors (Lipinski definition) is 4. The smallest absolute Gasteiger partial charge is 0.256 e. The number of para-hydroxylation sites is 1. The number of ether oxygens (including phenoxy) is 1. The maximum absolute atomic E-state index is 7.18.